The van der Waals surface area contributed by atoms with Crippen LogP contribution in [0.15, 0.2) is 34.5 Å². The summed E-state index contributed by atoms with van der Waals surface area (Å²) in [6, 6.07) is 3.90. The molecule has 6 nitrogen and oxygen atoms in total. The van der Waals surface area contributed by atoms with E-state index >= 15 is 0 Å². The smallest absolute Gasteiger partial charge is 0.329 e. The third kappa shape index (κ3) is 3.05. The zero-order valence-corrected chi connectivity index (χ0v) is 11.7. The van der Waals surface area contributed by atoms with Gasteiger partial charge in [0.2, 0.25) is 0 Å². The molecule has 1 atom stereocenters. The summed E-state index contributed by atoms with van der Waals surface area (Å²) in [4.78, 5) is 15.8. The Labute approximate surface area is 115 Å². The van der Waals surface area contributed by atoms with Crippen LogP contribution in [0.5, 0.6) is 0 Å². The number of aromatic nitrogens is 4. The minimum atomic E-state index is -0.195. The molecule has 0 aliphatic rings. The highest BCUT2D eigenvalue weighted by Gasteiger charge is 2.18. The van der Waals surface area contributed by atoms with E-state index in [0.717, 1.165) is 5.56 Å². The van der Waals surface area contributed by atoms with Gasteiger partial charge in [-0.1, -0.05) is 17.8 Å². The van der Waals surface area contributed by atoms with Gasteiger partial charge in [-0.3, -0.25) is 9.55 Å². The average molecular weight is 279 g/mol. The Balaban J connectivity index is 2.27. The third-order valence-electron chi connectivity index (χ3n) is 2.71. The third-order valence-corrected chi connectivity index (χ3v) is 3.95. The van der Waals surface area contributed by atoms with Crippen molar-refractivity contribution in [2.24, 2.45) is 5.73 Å². The second kappa shape index (κ2) is 6.03. The first-order chi connectivity index (χ1) is 9.13. The van der Waals surface area contributed by atoms with Gasteiger partial charge in [-0.05, 0) is 25.5 Å². The normalized spacial score (nSPS) is 12.8. The molecule has 0 fully saturated rings. The van der Waals surface area contributed by atoms with Crippen LogP contribution in [0.3, 0.4) is 0 Å². The molecule has 0 aliphatic carbocycles. The Morgan fingerprint density at radius 2 is 2.32 bits per heavy atom. The maximum Gasteiger partial charge on any atom is 0.344 e. The van der Waals surface area contributed by atoms with Gasteiger partial charge in [-0.15, -0.1) is 5.10 Å². The monoisotopic (exact) mass is 279 g/mol. The summed E-state index contributed by atoms with van der Waals surface area (Å²) in [5.74, 6) is 0. The minimum Gasteiger partial charge on any atom is -0.329 e. The lowest BCUT2D eigenvalue weighted by Crippen LogP contribution is -2.20. The first kappa shape index (κ1) is 13.8. The fraction of sp³-hybridized carbons (Fsp3) is 0.417. The van der Waals surface area contributed by atoms with Gasteiger partial charge in [0, 0.05) is 25.0 Å². The summed E-state index contributed by atoms with van der Waals surface area (Å²) in [5, 5.41) is 7.22. The van der Waals surface area contributed by atoms with E-state index in [2.05, 4.69) is 15.2 Å². The van der Waals surface area contributed by atoms with Crippen molar-refractivity contribution in [3.05, 3.63) is 40.6 Å². The summed E-state index contributed by atoms with van der Waals surface area (Å²) >= 11 is 1.47. The van der Waals surface area contributed by atoms with E-state index in [1.54, 1.807) is 17.0 Å². The van der Waals surface area contributed by atoms with Gasteiger partial charge in [0.05, 0.1) is 5.25 Å². The molecular weight excluding hydrogens is 262 g/mol. The summed E-state index contributed by atoms with van der Waals surface area (Å²) < 4.78 is 1.63. The predicted molar refractivity (Wildman–Crippen MR) is 75.1 cm³/mol. The molecule has 102 valence electrons. The molecule has 0 saturated heterocycles. The number of thioether (sulfide) groups is 1. The van der Waals surface area contributed by atoms with Gasteiger partial charge in [-0.2, -0.15) is 0 Å². The van der Waals surface area contributed by atoms with Gasteiger partial charge in [0.1, 0.15) is 0 Å². The SMILES string of the molecule is CC(C)n1c(SC(CN)c2cccnc2)n[nH]c1=O. The first-order valence-corrected chi connectivity index (χ1v) is 6.95. The van der Waals surface area contributed by atoms with E-state index in [4.69, 9.17) is 5.73 Å². The highest BCUT2D eigenvalue weighted by Crippen LogP contribution is 2.32. The Morgan fingerprint density at radius 1 is 1.53 bits per heavy atom. The van der Waals surface area contributed by atoms with Crippen molar-refractivity contribution in [2.45, 2.75) is 30.3 Å². The summed E-state index contributed by atoms with van der Waals surface area (Å²) in [7, 11) is 0. The molecule has 2 heterocycles. The zero-order chi connectivity index (χ0) is 13.8. The van der Waals surface area contributed by atoms with E-state index in [-0.39, 0.29) is 17.0 Å². The maximum atomic E-state index is 11.7. The Bertz CT molecular complexity index is 577. The number of aromatic amines is 1. The van der Waals surface area contributed by atoms with Crippen LogP contribution in [0.1, 0.15) is 30.7 Å². The number of nitrogens with two attached hydrogens (primary N) is 1. The fourth-order valence-electron chi connectivity index (χ4n) is 1.77. The van der Waals surface area contributed by atoms with Crippen LogP contribution < -0.4 is 11.4 Å². The van der Waals surface area contributed by atoms with Crippen molar-refractivity contribution >= 4 is 11.8 Å². The molecule has 1 unspecified atom stereocenters. The standard InChI is InChI=1S/C12H17N5OS/c1-8(2)17-11(18)15-16-12(17)19-10(6-13)9-4-3-5-14-7-9/h3-5,7-8,10H,6,13H2,1-2H3,(H,15,18). The van der Waals surface area contributed by atoms with E-state index in [9.17, 15) is 4.79 Å². The molecule has 0 amide bonds. The highest BCUT2D eigenvalue weighted by atomic mass is 32.2. The zero-order valence-electron chi connectivity index (χ0n) is 10.9. The van der Waals surface area contributed by atoms with Crippen molar-refractivity contribution in [1.29, 1.82) is 0 Å². The van der Waals surface area contributed by atoms with Crippen molar-refractivity contribution in [3.8, 4) is 0 Å². The second-order valence-electron chi connectivity index (χ2n) is 4.40. The average Bonchev–Trinajstić information content (AvgIpc) is 2.78. The number of hydrogen-bond donors (Lipinski definition) is 2. The highest BCUT2D eigenvalue weighted by molar-refractivity contribution is 7.99. The topological polar surface area (TPSA) is 89.6 Å². The number of nitrogens with zero attached hydrogens (tertiary/aromatic N) is 3. The molecule has 19 heavy (non-hydrogen) atoms. The van der Waals surface area contributed by atoms with Gasteiger partial charge in [0.25, 0.3) is 0 Å². The van der Waals surface area contributed by atoms with Gasteiger partial charge in [-0.25, -0.2) is 9.89 Å². The minimum absolute atomic E-state index is 0.0291. The van der Waals surface area contributed by atoms with Crippen LogP contribution in [-0.2, 0) is 0 Å². The second-order valence-corrected chi connectivity index (χ2v) is 5.57. The number of hydrogen-bond acceptors (Lipinski definition) is 5. The van der Waals surface area contributed by atoms with Gasteiger partial charge < -0.3 is 5.73 Å². The molecule has 0 aromatic carbocycles. The molecule has 0 saturated carbocycles. The van der Waals surface area contributed by atoms with Gasteiger partial charge in [0.15, 0.2) is 5.16 Å². The van der Waals surface area contributed by atoms with E-state index in [0.29, 0.717) is 11.7 Å². The Hall–Kier alpha value is -1.60. The molecule has 2 rings (SSSR count). The molecule has 0 aliphatic heterocycles. The first-order valence-electron chi connectivity index (χ1n) is 6.07. The predicted octanol–water partition coefficient (Wildman–Crippen LogP) is 1.34. The molecule has 3 N–H and O–H groups in total. The van der Waals surface area contributed by atoms with Crippen LogP contribution in [0.2, 0.25) is 0 Å². The summed E-state index contributed by atoms with van der Waals surface area (Å²) in [6.07, 6.45) is 3.51. The number of nitrogens with one attached hydrogen (secondary N) is 1. The molecule has 2 aromatic heterocycles. The Morgan fingerprint density at radius 3 is 2.89 bits per heavy atom. The number of rotatable bonds is 5. The molecule has 0 spiro atoms. The van der Waals surface area contributed by atoms with Crippen LogP contribution >= 0.6 is 11.8 Å². The van der Waals surface area contributed by atoms with Crippen molar-refractivity contribution < 1.29 is 0 Å². The van der Waals surface area contributed by atoms with Crippen molar-refractivity contribution in [2.75, 3.05) is 6.54 Å². The molecule has 7 heteroatoms. The number of pyridine rings is 1. The maximum absolute atomic E-state index is 11.7. The fourth-order valence-corrected chi connectivity index (χ4v) is 2.91. The van der Waals surface area contributed by atoms with E-state index < -0.39 is 0 Å². The molecule has 0 bridgehead atoms. The largest absolute Gasteiger partial charge is 0.344 e. The molecular formula is C12H17N5OS. The quantitative estimate of drug-likeness (QED) is 0.806. The van der Waals surface area contributed by atoms with Crippen LogP contribution in [0.4, 0.5) is 0 Å². The van der Waals surface area contributed by atoms with E-state index in [1.807, 2.05) is 26.0 Å². The van der Waals surface area contributed by atoms with E-state index in [1.165, 1.54) is 11.8 Å². The van der Waals surface area contributed by atoms with Crippen LogP contribution in [-0.4, -0.2) is 26.3 Å². The van der Waals surface area contributed by atoms with Crippen molar-refractivity contribution in [3.63, 3.8) is 0 Å². The molecule has 0 radical (unpaired) electrons. The van der Waals surface area contributed by atoms with Gasteiger partial charge >= 0.3 is 5.69 Å². The van der Waals surface area contributed by atoms with Crippen LogP contribution in [0, 0.1) is 0 Å². The Kier molecular flexibility index (Phi) is 4.39. The van der Waals surface area contributed by atoms with Crippen molar-refractivity contribution in [1.82, 2.24) is 19.7 Å². The summed E-state index contributed by atoms with van der Waals surface area (Å²) in [6.45, 7) is 4.35. The lowest BCUT2D eigenvalue weighted by molar-refractivity contribution is 0.533. The lowest BCUT2D eigenvalue weighted by Gasteiger charge is -2.15. The molecule has 2 aromatic rings. The lowest BCUT2D eigenvalue weighted by atomic mass is 10.2. The number of H-pyrrole nitrogens is 1. The summed E-state index contributed by atoms with van der Waals surface area (Å²) in [5.41, 5.74) is 6.65. The van der Waals surface area contributed by atoms with Crippen LogP contribution in [0.25, 0.3) is 0 Å².